The van der Waals surface area contributed by atoms with Gasteiger partial charge < -0.3 is 0 Å². The number of halogens is 3. The van der Waals surface area contributed by atoms with Crippen molar-refractivity contribution in [3.63, 3.8) is 0 Å². The van der Waals surface area contributed by atoms with Gasteiger partial charge in [-0.15, -0.1) is 0 Å². The minimum atomic E-state index is -1.04. The summed E-state index contributed by atoms with van der Waals surface area (Å²) in [5.74, 6) is 0.657. The van der Waals surface area contributed by atoms with Crippen LogP contribution in [0.4, 0.5) is 0 Å². The minimum Gasteiger partial charge on any atom is -0.0802 e. The summed E-state index contributed by atoms with van der Waals surface area (Å²) in [4.78, 5) is 0. The van der Waals surface area contributed by atoms with Crippen molar-refractivity contribution in [3.8, 4) is 0 Å². The summed E-state index contributed by atoms with van der Waals surface area (Å²) in [6.45, 7) is 1.26. The molecule has 20 heavy (non-hydrogen) atoms. The first-order chi connectivity index (χ1) is 9.52. The van der Waals surface area contributed by atoms with E-state index in [1.54, 1.807) is 0 Å². The van der Waals surface area contributed by atoms with Crippen LogP contribution in [0.5, 0.6) is 0 Å². The van der Waals surface area contributed by atoms with Gasteiger partial charge in [0, 0.05) is 9.34 Å². The summed E-state index contributed by atoms with van der Waals surface area (Å²) in [5.41, 5.74) is 2.96. The van der Waals surface area contributed by atoms with Crippen LogP contribution in [0.1, 0.15) is 18.9 Å². The van der Waals surface area contributed by atoms with Gasteiger partial charge in [-0.3, -0.25) is 0 Å². The lowest BCUT2D eigenvalue weighted by molar-refractivity contribution is 0.664. The molecule has 0 aliphatic heterocycles. The highest BCUT2D eigenvalue weighted by Crippen LogP contribution is 2.73. The van der Waals surface area contributed by atoms with Gasteiger partial charge in [-0.05, 0) is 35.2 Å². The van der Waals surface area contributed by atoms with Crippen molar-refractivity contribution < 1.29 is 0 Å². The number of fused-ring (bicyclic) bond motifs is 1. The van der Waals surface area contributed by atoms with Crippen LogP contribution in [0, 0.1) is 11.3 Å². The van der Waals surface area contributed by atoms with Crippen LogP contribution in [0.15, 0.2) is 53.4 Å². The second-order valence-corrected chi connectivity index (χ2v) is 10.7. The third kappa shape index (κ3) is 2.84. The smallest absolute Gasteiger partial charge is 0.0802 e. The predicted molar refractivity (Wildman–Crippen MR) is 99.0 cm³/mol. The molecule has 0 nitrogen and oxygen atoms in total. The lowest BCUT2D eigenvalue weighted by Gasteiger charge is -2.26. The van der Waals surface area contributed by atoms with Crippen molar-refractivity contribution >= 4 is 51.7 Å². The van der Waals surface area contributed by atoms with Gasteiger partial charge in [0.1, 0.15) is 6.63 Å². The molecule has 106 valence electrons. The summed E-state index contributed by atoms with van der Waals surface area (Å²) >= 11 is 15.2. The molecule has 1 aromatic carbocycles. The van der Waals surface area contributed by atoms with Gasteiger partial charge in [0.05, 0.1) is 0 Å². The van der Waals surface area contributed by atoms with Crippen molar-refractivity contribution in [2.24, 2.45) is 11.3 Å². The molecule has 0 bridgehead atoms. The van der Waals surface area contributed by atoms with Gasteiger partial charge >= 0.3 is 0 Å². The summed E-state index contributed by atoms with van der Waals surface area (Å²) < 4.78 is 0.433. The van der Waals surface area contributed by atoms with Crippen molar-refractivity contribution in [1.29, 1.82) is 0 Å². The molecule has 1 saturated carbocycles. The van der Waals surface area contributed by atoms with E-state index in [2.05, 4.69) is 72.0 Å². The van der Waals surface area contributed by atoms with Crippen LogP contribution in [0.2, 0.25) is 0 Å². The number of allylic oxidation sites excluding steroid dienone is 4. The highest BCUT2D eigenvalue weighted by atomic mass is 127. The Bertz CT molecular complexity index is 567. The number of benzene rings is 1. The summed E-state index contributed by atoms with van der Waals surface area (Å²) in [5, 5.41) is 1.32. The van der Waals surface area contributed by atoms with Gasteiger partial charge in [0.15, 0.2) is 0 Å². The normalized spacial score (nSPS) is 29.6. The summed E-state index contributed by atoms with van der Waals surface area (Å²) in [7, 11) is 0. The first-order valence-corrected chi connectivity index (χ1v) is 11.1. The molecule has 1 aromatic rings. The molecule has 2 aliphatic rings. The largest absolute Gasteiger partial charge is 0.113 e. The average molecular weight is 437 g/mol. The summed E-state index contributed by atoms with van der Waals surface area (Å²) in [6, 6.07) is 10.6. The van der Waals surface area contributed by atoms with E-state index in [0.717, 1.165) is 6.42 Å². The molecule has 0 aromatic heterocycles. The number of hydrogen-bond acceptors (Lipinski definition) is 0. The van der Waals surface area contributed by atoms with E-state index in [0.29, 0.717) is 9.84 Å². The van der Waals surface area contributed by atoms with Crippen LogP contribution in [-0.4, -0.2) is 3.92 Å². The Morgan fingerprint density at radius 2 is 2.05 bits per heavy atom. The number of hydrogen-bond donors (Lipinski definition) is 0. The Morgan fingerprint density at radius 3 is 2.70 bits per heavy atom. The SMILES string of the molecule is CC12CC1C=CC(C(I)Cc1ccccc1)=C2P(Cl)Cl. The fourth-order valence-electron chi connectivity index (χ4n) is 3.05. The third-order valence-electron chi connectivity index (χ3n) is 4.39. The first-order valence-electron chi connectivity index (χ1n) is 6.75. The fraction of sp³-hybridized carbons (Fsp3) is 0.375. The van der Waals surface area contributed by atoms with E-state index in [1.165, 1.54) is 22.9 Å². The lowest BCUT2D eigenvalue weighted by atomic mass is 9.93. The molecule has 0 amide bonds. The molecule has 2 aliphatic carbocycles. The van der Waals surface area contributed by atoms with Gasteiger partial charge in [0.25, 0.3) is 0 Å². The van der Waals surface area contributed by atoms with Crippen molar-refractivity contribution in [2.75, 3.05) is 0 Å². The molecule has 3 atom stereocenters. The lowest BCUT2D eigenvalue weighted by Crippen LogP contribution is -2.14. The fourth-order valence-corrected chi connectivity index (χ4v) is 7.14. The monoisotopic (exact) mass is 436 g/mol. The molecule has 4 heteroatoms. The molecule has 1 fully saturated rings. The zero-order valence-electron chi connectivity index (χ0n) is 11.2. The highest BCUT2D eigenvalue weighted by Gasteiger charge is 2.55. The Kier molecular flexibility index (Phi) is 4.53. The average Bonchev–Trinajstić information content (AvgIpc) is 3.09. The van der Waals surface area contributed by atoms with Crippen LogP contribution in [0.25, 0.3) is 0 Å². The predicted octanol–water partition coefficient (Wildman–Crippen LogP) is 6.67. The van der Waals surface area contributed by atoms with Gasteiger partial charge in [-0.2, -0.15) is 0 Å². The quantitative estimate of drug-likeness (QED) is 0.281. The van der Waals surface area contributed by atoms with Crippen molar-refractivity contribution in [2.45, 2.75) is 23.7 Å². The van der Waals surface area contributed by atoms with E-state index < -0.39 is 6.63 Å². The van der Waals surface area contributed by atoms with Crippen molar-refractivity contribution in [3.05, 3.63) is 58.9 Å². The van der Waals surface area contributed by atoms with E-state index in [-0.39, 0.29) is 5.41 Å². The Hall–Kier alpha value is 0.440. The Labute approximate surface area is 145 Å². The van der Waals surface area contributed by atoms with E-state index in [4.69, 9.17) is 22.5 Å². The molecular formula is C16H16Cl2IP. The minimum absolute atomic E-state index is 0.236. The van der Waals surface area contributed by atoms with Crippen LogP contribution in [0.3, 0.4) is 0 Å². The van der Waals surface area contributed by atoms with Crippen LogP contribution >= 0.6 is 51.7 Å². The maximum Gasteiger partial charge on any atom is 0.113 e. The second-order valence-electron chi connectivity index (χ2n) is 5.78. The third-order valence-corrected chi connectivity index (χ3v) is 7.62. The van der Waals surface area contributed by atoms with E-state index in [1.807, 2.05) is 0 Å². The zero-order valence-corrected chi connectivity index (χ0v) is 15.8. The van der Waals surface area contributed by atoms with E-state index >= 15 is 0 Å². The molecular weight excluding hydrogens is 421 g/mol. The Balaban J connectivity index is 1.89. The van der Waals surface area contributed by atoms with Gasteiger partial charge in [-0.25, -0.2) is 0 Å². The molecule has 0 saturated heterocycles. The standard InChI is InChI=1S/C16H16Cl2IP/c1-16-10-12(16)7-8-13(15(16)20(17)18)14(19)9-11-5-3-2-4-6-11/h2-8,12,14H,9-10H2,1H3. The molecule has 0 heterocycles. The zero-order chi connectivity index (χ0) is 14.3. The van der Waals surface area contributed by atoms with Crippen LogP contribution in [-0.2, 0) is 6.42 Å². The highest BCUT2D eigenvalue weighted by molar-refractivity contribution is 14.1. The molecule has 3 unspecified atom stereocenters. The Morgan fingerprint density at radius 1 is 1.35 bits per heavy atom. The van der Waals surface area contributed by atoms with Gasteiger partial charge in [0.2, 0.25) is 0 Å². The van der Waals surface area contributed by atoms with Gasteiger partial charge in [-0.1, -0.05) is 94.5 Å². The maximum atomic E-state index is 6.34. The topological polar surface area (TPSA) is 0 Å². The first kappa shape index (κ1) is 15.3. The van der Waals surface area contributed by atoms with Crippen LogP contribution < -0.4 is 0 Å². The maximum absolute atomic E-state index is 6.34. The number of alkyl halides is 1. The molecule has 0 spiro atoms. The summed E-state index contributed by atoms with van der Waals surface area (Å²) in [6.07, 6.45) is 6.86. The van der Waals surface area contributed by atoms with Crippen molar-refractivity contribution in [1.82, 2.24) is 0 Å². The second kappa shape index (κ2) is 5.91. The van der Waals surface area contributed by atoms with E-state index in [9.17, 15) is 0 Å². The number of rotatable bonds is 4. The molecule has 3 rings (SSSR count). The molecule has 0 N–H and O–H groups in total. The molecule has 0 radical (unpaired) electrons.